The molecule has 0 atom stereocenters. The first-order chi connectivity index (χ1) is 6.52. The lowest BCUT2D eigenvalue weighted by molar-refractivity contribution is -0.139. The standard InChI is InChI=1S/C10H14O4/c1-4-7(3)10(13)14-6-8(5-2)9(11)12/h4-5H,6H2,1-3H3,(H,11,12). The van der Waals surface area contributed by atoms with Crippen molar-refractivity contribution in [3.63, 3.8) is 0 Å². The molecule has 0 rings (SSSR count). The third kappa shape index (κ3) is 3.89. The topological polar surface area (TPSA) is 63.6 Å². The summed E-state index contributed by atoms with van der Waals surface area (Å²) in [6.07, 6.45) is 3.01. The van der Waals surface area contributed by atoms with Crippen molar-refractivity contribution in [3.05, 3.63) is 23.3 Å². The average molecular weight is 198 g/mol. The van der Waals surface area contributed by atoms with Crippen LogP contribution in [0.2, 0.25) is 0 Å². The number of carbonyl (C=O) groups is 2. The van der Waals surface area contributed by atoms with E-state index in [1.807, 2.05) is 0 Å². The summed E-state index contributed by atoms with van der Waals surface area (Å²) in [5.41, 5.74) is 0.535. The van der Waals surface area contributed by atoms with E-state index in [0.717, 1.165) is 0 Å². The molecule has 0 fully saturated rings. The average Bonchev–Trinajstić information content (AvgIpc) is 2.16. The fourth-order valence-electron chi connectivity index (χ4n) is 0.644. The zero-order chi connectivity index (χ0) is 11.1. The van der Waals surface area contributed by atoms with Gasteiger partial charge in [-0.25, -0.2) is 9.59 Å². The van der Waals surface area contributed by atoms with Gasteiger partial charge in [0.15, 0.2) is 0 Å². The Morgan fingerprint density at radius 1 is 1.29 bits per heavy atom. The van der Waals surface area contributed by atoms with Gasteiger partial charge in [0.25, 0.3) is 0 Å². The largest absolute Gasteiger partial charge is 0.478 e. The summed E-state index contributed by atoms with van der Waals surface area (Å²) < 4.78 is 4.75. The van der Waals surface area contributed by atoms with Gasteiger partial charge in [-0.05, 0) is 20.8 Å². The van der Waals surface area contributed by atoms with Crippen LogP contribution in [-0.2, 0) is 14.3 Å². The van der Waals surface area contributed by atoms with Gasteiger partial charge in [-0.2, -0.15) is 0 Å². The lowest BCUT2D eigenvalue weighted by Crippen LogP contribution is -2.13. The number of hydrogen-bond acceptors (Lipinski definition) is 3. The smallest absolute Gasteiger partial charge is 0.334 e. The monoisotopic (exact) mass is 198 g/mol. The minimum Gasteiger partial charge on any atom is -0.478 e. The highest BCUT2D eigenvalue weighted by Crippen LogP contribution is 2.00. The van der Waals surface area contributed by atoms with E-state index in [1.54, 1.807) is 26.8 Å². The second-order valence-corrected chi connectivity index (χ2v) is 2.67. The van der Waals surface area contributed by atoms with Crippen LogP contribution in [-0.4, -0.2) is 23.7 Å². The maximum Gasteiger partial charge on any atom is 0.334 e. The van der Waals surface area contributed by atoms with Crippen LogP contribution in [0.4, 0.5) is 0 Å². The van der Waals surface area contributed by atoms with Gasteiger partial charge in [-0.1, -0.05) is 12.2 Å². The van der Waals surface area contributed by atoms with Gasteiger partial charge in [-0.3, -0.25) is 0 Å². The molecule has 0 amide bonds. The van der Waals surface area contributed by atoms with Crippen LogP contribution in [0.15, 0.2) is 23.3 Å². The van der Waals surface area contributed by atoms with Crippen LogP contribution < -0.4 is 0 Å². The zero-order valence-corrected chi connectivity index (χ0v) is 8.53. The Morgan fingerprint density at radius 3 is 2.21 bits per heavy atom. The highest BCUT2D eigenvalue weighted by Gasteiger charge is 2.10. The molecular formula is C10H14O4. The highest BCUT2D eigenvalue weighted by atomic mass is 16.5. The number of carbonyl (C=O) groups excluding carboxylic acids is 1. The summed E-state index contributed by atoms with van der Waals surface area (Å²) in [6, 6.07) is 0. The van der Waals surface area contributed by atoms with E-state index in [0.29, 0.717) is 5.57 Å². The molecular weight excluding hydrogens is 184 g/mol. The lowest BCUT2D eigenvalue weighted by atomic mass is 10.2. The first-order valence-electron chi connectivity index (χ1n) is 4.21. The Balaban J connectivity index is 4.19. The van der Waals surface area contributed by atoms with Gasteiger partial charge in [-0.15, -0.1) is 0 Å². The molecule has 0 aliphatic heterocycles. The Bertz CT molecular complexity index is 286. The lowest BCUT2D eigenvalue weighted by Gasteiger charge is -2.04. The number of hydrogen-bond donors (Lipinski definition) is 1. The van der Waals surface area contributed by atoms with Crippen molar-refractivity contribution in [2.75, 3.05) is 6.61 Å². The summed E-state index contributed by atoms with van der Waals surface area (Å²) >= 11 is 0. The van der Waals surface area contributed by atoms with Gasteiger partial charge in [0.1, 0.15) is 6.61 Å². The van der Waals surface area contributed by atoms with E-state index >= 15 is 0 Å². The van der Waals surface area contributed by atoms with Crippen molar-refractivity contribution >= 4 is 11.9 Å². The minimum atomic E-state index is -1.07. The molecule has 0 saturated heterocycles. The molecule has 0 heterocycles. The van der Waals surface area contributed by atoms with E-state index in [9.17, 15) is 9.59 Å². The van der Waals surface area contributed by atoms with Crippen LogP contribution in [0.3, 0.4) is 0 Å². The summed E-state index contributed by atoms with van der Waals surface area (Å²) in [5, 5.41) is 8.61. The van der Waals surface area contributed by atoms with E-state index in [4.69, 9.17) is 9.84 Å². The predicted molar refractivity (Wildman–Crippen MR) is 51.8 cm³/mol. The second-order valence-electron chi connectivity index (χ2n) is 2.67. The number of esters is 1. The molecule has 1 N–H and O–H groups in total. The van der Waals surface area contributed by atoms with Crippen LogP contribution in [0.25, 0.3) is 0 Å². The summed E-state index contributed by atoms with van der Waals surface area (Å²) in [6.45, 7) is 4.71. The van der Waals surface area contributed by atoms with Gasteiger partial charge >= 0.3 is 11.9 Å². The molecule has 4 heteroatoms. The third-order valence-electron chi connectivity index (χ3n) is 1.74. The van der Waals surface area contributed by atoms with Crippen molar-refractivity contribution in [2.24, 2.45) is 0 Å². The third-order valence-corrected chi connectivity index (χ3v) is 1.74. The second kappa shape index (κ2) is 5.96. The summed E-state index contributed by atoms with van der Waals surface area (Å²) in [4.78, 5) is 21.6. The van der Waals surface area contributed by atoms with Crippen molar-refractivity contribution in [1.29, 1.82) is 0 Å². The molecule has 14 heavy (non-hydrogen) atoms. The number of carboxylic acids is 1. The normalized spacial score (nSPS) is 12.5. The molecule has 0 aromatic carbocycles. The first-order valence-corrected chi connectivity index (χ1v) is 4.21. The SMILES string of the molecule is CC=C(C)C(=O)OCC(=CC)C(=O)O. The number of aliphatic carboxylic acids is 1. The Morgan fingerprint density at radius 2 is 1.86 bits per heavy atom. The van der Waals surface area contributed by atoms with Crippen molar-refractivity contribution in [1.82, 2.24) is 0 Å². The van der Waals surface area contributed by atoms with Crippen LogP contribution in [0.5, 0.6) is 0 Å². The number of ether oxygens (including phenoxy) is 1. The summed E-state index contributed by atoms with van der Waals surface area (Å²) in [5.74, 6) is -1.56. The Kier molecular flexibility index (Phi) is 5.29. The molecule has 4 nitrogen and oxygen atoms in total. The number of allylic oxidation sites excluding steroid dienone is 2. The fraction of sp³-hybridized carbons (Fsp3) is 0.400. The van der Waals surface area contributed by atoms with Crippen LogP contribution in [0, 0.1) is 0 Å². The van der Waals surface area contributed by atoms with Crippen molar-refractivity contribution < 1.29 is 19.4 Å². The van der Waals surface area contributed by atoms with Crippen LogP contribution in [0.1, 0.15) is 20.8 Å². The number of rotatable bonds is 4. The molecule has 0 aliphatic rings. The van der Waals surface area contributed by atoms with E-state index in [1.165, 1.54) is 6.08 Å². The van der Waals surface area contributed by atoms with E-state index in [2.05, 4.69) is 0 Å². The fourth-order valence-corrected chi connectivity index (χ4v) is 0.644. The maximum atomic E-state index is 11.1. The Hall–Kier alpha value is -1.58. The number of carboxylic acid groups (broad SMARTS) is 1. The van der Waals surface area contributed by atoms with E-state index < -0.39 is 11.9 Å². The van der Waals surface area contributed by atoms with E-state index in [-0.39, 0.29) is 12.2 Å². The van der Waals surface area contributed by atoms with Gasteiger partial charge < -0.3 is 9.84 Å². The quantitative estimate of drug-likeness (QED) is 0.549. The maximum absolute atomic E-state index is 11.1. The molecule has 0 aliphatic carbocycles. The molecule has 0 aromatic heterocycles. The van der Waals surface area contributed by atoms with Crippen molar-refractivity contribution in [3.8, 4) is 0 Å². The van der Waals surface area contributed by atoms with Gasteiger partial charge in [0, 0.05) is 5.57 Å². The zero-order valence-electron chi connectivity index (χ0n) is 8.53. The molecule has 78 valence electrons. The van der Waals surface area contributed by atoms with Gasteiger partial charge in [0.05, 0.1) is 5.57 Å². The Labute approximate surface area is 82.9 Å². The molecule has 0 saturated carbocycles. The molecule has 0 bridgehead atoms. The first kappa shape index (κ1) is 12.4. The minimum absolute atomic E-state index is 0.0715. The molecule has 0 radical (unpaired) electrons. The molecule has 0 unspecified atom stereocenters. The predicted octanol–water partition coefficient (Wildman–Crippen LogP) is 1.53. The van der Waals surface area contributed by atoms with Gasteiger partial charge in [0.2, 0.25) is 0 Å². The van der Waals surface area contributed by atoms with Crippen molar-refractivity contribution in [2.45, 2.75) is 20.8 Å². The van der Waals surface area contributed by atoms with Crippen LogP contribution >= 0.6 is 0 Å². The summed E-state index contributed by atoms with van der Waals surface area (Å²) in [7, 11) is 0. The molecule has 0 spiro atoms. The molecule has 0 aromatic rings. The highest BCUT2D eigenvalue weighted by molar-refractivity contribution is 5.90.